The highest BCUT2D eigenvalue weighted by Gasteiger charge is 2.10. The molecule has 22 heavy (non-hydrogen) atoms. The molecule has 0 heterocycles. The highest BCUT2D eigenvalue weighted by atomic mass is 16.2. The fraction of sp³-hybridized carbons (Fsp3) is 0.316. The van der Waals surface area contributed by atoms with Gasteiger partial charge in [-0.15, -0.1) is 0 Å². The summed E-state index contributed by atoms with van der Waals surface area (Å²) >= 11 is 0. The van der Waals surface area contributed by atoms with Crippen molar-refractivity contribution < 1.29 is 4.79 Å². The number of urea groups is 1. The molecule has 3 heteroatoms. The van der Waals surface area contributed by atoms with E-state index in [9.17, 15) is 4.79 Å². The SMILES string of the molecule is Cc1ccc(CC(C)NC(=O)Nc2cccc(C)c2C)cc1. The summed E-state index contributed by atoms with van der Waals surface area (Å²) in [5.74, 6) is 0. The Labute approximate surface area is 132 Å². The topological polar surface area (TPSA) is 41.1 Å². The van der Waals surface area contributed by atoms with Gasteiger partial charge in [0, 0.05) is 11.7 Å². The molecule has 0 aliphatic heterocycles. The van der Waals surface area contributed by atoms with Gasteiger partial charge in [-0.1, -0.05) is 42.0 Å². The van der Waals surface area contributed by atoms with Crippen molar-refractivity contribution in [3.63, 3.8) is 0 Å². The van der Waals surface area contributed by atoms with Gasteiger partial charge < -0.3 is 10.6 Å². The van der Waals surface area contributed by atoms with Crippen LogP contribution in [0.3, 0.4) is 0 Å². The van der Waals surface area contributed by atoms with Crippen LogP contribution in [0.2, 0.25) is 0 Å². The molecular weight excluding hydrogens is 272 g/mol. The number of amides is 2. The van der Waals surface area contributed by atoms with E-state index < -0.39 is 0 Å². The van der Waals surface area contributed by atoms with Gasteiger partial charge in [0.1, 0.15) is 0 Å². The zero-order valence-corrected chi connectivity index (χ0v) is 13.7. The molecule has 0 saturated carbocycles. The Morgan fingerprint density at radius 3 is 2.41 bits per heavy atom. The Hall–Kier alpha value is -2.29. The van der Waals surface area contributed by atoms with Gasteiger partial charge in [-0.25, -0.2) is 4.79 Å². The molecule has 0 radical (unpaired) electrons. The standard InChI is InChI=1S/C19H24N2O/c1-13-8-10-17(11-9-13)12-15(3)20-19(22)21-18-7-5-6-14(2)16(18)4/h5-11,15H,12H2,1-4H3,(H2,20,21,22). The maximum Gasteiger partial charge on any atom is 0.319 e. The molecule has 2 aromatic carbocycles. The molecule has 0 aromatic heterocycles. The molecular formula is C19H24N2O. The fourth-order valence-corrected chi connectivity index (χ4v) is 2.40. The maximum absolute atomic E-state index is 12.1. The van der Waals surface area contributed by atoms with Gasteiger partial charge in [-0.3, -0.25) is 0 Å². The van der Waals surface area contributed by atoms with Crippen LogP contribution in [0.5, 0.6) is 0 Å². The van der Waals surface area contributed by atoms with Crippen LogP contribution in [0.4, 0.5) is 10.5 Å². The minimum Gasteiger partial charge on any atom is -0.335 e. The van der Waals surface area contributed by atoms with Crippen LogP contribution in [0.15, 0.2) is 42.5 Å². The Balaban J connectivity index is 1.91. The van der Waals surface area contributed by atoms with Crippen molar-refractivity contribution in [1.29, 1.82) is 0 Å². The minimum absolute atomic E-state index is 0.0767. The van der Waals surface area contributed by atoms with E-state index >= 15 is 0 Å². The fourth-order valence-electron chi connectivity index (χ4n) is 2.40. The number of rotatable bonds is 4. The normalized spacial score (nSPS) is 11.8. The first-order valence-corrected chi connectivity index (χ1v) is 7.65. The number of hydrogen-bond acceptors (Lipinski definition) is 1. The summed E-state index contributed by atoms with van der Waals surface area (Å²) in [7, 11) is 0. The molecule has 0 bridgehead atoms. The molecule has 116 valence electrons. The van der Waals surface area contributed by atoms with Gasteiger partial charge in [0.15, 0.2) is 0 Å². The quantitative estimate of drug-likeness (QED) is 0.864. The third-order valence-corrected chi connectivity index (χ3v) is 3.89. The number of carbonyl (C=O) groups is 1. The number of benzene rings is 2. The largest absolute Gasteiger partial charge is 0.335 e. The summed E-state index contributed by atoms with van der Waals surface area (Å²) in [5.41, 5.74) is 5.61. The van der Waals surface area contributed by atoms with Gasteiger partial charge in [0.2, 0.25) is 0 Å². The zero-order valence-electron chi connectivity index (χ0n) is 13.7. The molecule has 2 rings (SSSR count). The van der Waals surface area contributed by atoms with Crippen molar-refractivity contribution in [1.82, 2.24) is 5.32 Å². The molecule has 0 spiro atoms. The van der Waals surface area contributed by atoms with E-state index in [1.807, 2.05) is 39.0 Å². The van der Waals surface area contributed by atoms with Crippen LogP contribution >= 0.6 is 0 Å². The van der Waals surface area contributed by atoms with Crippen molar-refractivity contribution in [2.75, 3.05) is 5.32 Å². The van der Waals surface area contributed by atoms with Crippen LogP contribution in [-0.4, -0.2) is 12.1 Å². The number of hydrogen-bond donors (Lipinski definition) is 2. The number of carbonyl (C=O) groups excluding carboxylic acids is 1. The summed E-state index contributed by atoms with van der Waals surface area (Å²) in [5, 5.41) is 5.91. The Bertz CT molecular complexity index is 647. The predicted molar refractivity (Wildman–Crippen MR) is 92.4 cm³/mol. The lowest BCUT2D eigenvalue weighted by Crippen LogP contribution is -2.37. The average molecular weight is 296 g/mol. The van der Waals surface area contributed by atoms with E-state index in [4.69, 9.17) is 0 Å². The Morgan fingerprint density at radius 1 is 1.05 bits per heavy atom. The first kappa shape index (κ1) is 16.1. The van der Waals surface area contributed by atoms with Crippen LogP contribution in [-0.2, 0) is 6.42 Å². The smallest absolute Gasteiger partial charge is 0.319 e. The minimum atomic E-state index is -0.159. The Morgan fingerprint density at radius 2 is 1.73 bits per heavy atom. The third-order valence-electron chi connectivity index (χ3n) is 3.89. The summed E-state index contributed by atoms with van der Waals surface area (Å²) in [6, 6.07) is 14.2. The van der Waals surface area contributed by atoms with E-state index in [0.29, 0.717) is 0 Å². The van der Waals surface area contributed by atoms with Crippen molar-refractivity contribution in [3.05, 3.63) is 64.7 Å². The van der Waals surface area contributed by atoms with Gasteiger partial charge in [0.05, 0.1) is 0 Å². The number of anilines is 1. The number of nitrogens with one attached hydrogen (secondary N) is 2. The molecule has 0 aliphatic carbocycles. The van der Waals surface area contributed by atoms with Gasteiger partial charge in [0.25, 0.3) is 0 Å². The van der Waals surface area contributed by atoms with Gasteiger partial charge in [-0.2, -0.15) is 0 Å². The van der Waals surface area contributed by atoms with E-state index in [0.717, 1.165) is 17.7 Å². The third kappa shape index (κ3) is 4.35. The summed E-state index contributed by atoms with van der Waals surface area (Å²) < 4.78 is 0. The summed E-state index contributed by atoms with van der Waals surface area (Å²) in [6.45, 7) is 8.14. The second kappa shape index (κ2) is 7.12. The van der Waals surface area contributed by atoms with E-state index in [1.165, 1.54) is 16.7 Å². The monoisotopic (exact) mass is 296 g/mol. The zero-order chi connectivity index (χ0) is 16.1. The highest BCUT2D eigenvalue weighted by molar-refractivity contribution is 5.90. The molecule has 2 amide bonds. The first-order valence-electron chi connectivity index (χ1n) is 7.65. The Kier molecular flexibility index (Phi) is 5.21. The van der Waals surface area contributed by atoms with Crippen molar-refractivity contribution in [2.45, 2.75) is 40.2 Å². The first-order chi connectivity index (χ1) is 10.5. The van der Waals surface area contributed by atoms with Crippen molar-refractivity contribution in [3.8, 4) is 0 Å². The summed E-state index contributed by atoms with van der Waals surface area (Å²) in [4.78, 5) is 12.1. The van der Waals surface area contributed by atoms with Gasteiger partial charge >= 0.3 is 6.03 Å². The predicted octanol–water partition coefficient (Wildman–Crippen LogP) is 4.36. The number of aryl methyl sites for hydroxylation is 2. The molecule has 1 unspecified atom stereocenters. The second-order valence-electron chi connectivity index (χ2n) is 5.94. The lowest BCUT2D eigenvalue weighted by atomic mass is 10.1. The van der Waals surface area contributed by atoms with Gasteiger partial charge in [-0.05, 0) is 56.9 Å². The summed E-state index contributed by atoms with van der Waals surface area (Å²) in [6.07, 6.45) is 0.820. The van der Waals surface area contributed by atoms with E-state index in [-0.39, 0.29) is 12.1 Å². The second-order valence-corrected chi connectivity index (χ2v) is 5.94. The molecule has 1 atom stereocenters. The van der Waals surface area contributed by atoms with E-state index in [1.54, 1.807) is 0 Å². The molecule has 0 aliphatic rings. The lowest BCUT2D eigenvalue weighted by molar-refractivity contribution is 0.249. The van der Waals surface area contributed by atoms with Crippen molar-refractivity contribution in [2.24, 2.45) is 0 Å². The van der Waals surface area contributed by atoms with Crippen LogP contribution in [0.1, 0.15) is 29.2 Å². The van der Waals surface area contributed by atoms with E-state index in [2.05, 4.69) is 41.8 Å². The maximum atomic E-state index is 12.1. The molecule has 3 nitrogen and oxygen atoms in total. The molecule has 2 N–H and O–H groups in total. The van der Waals surface area contributed by atoms with Crippen molar-refractivity contribution >= 4 is 11.7 Å². The molecule has 2 aromatic rings. The van der Waals surface area contributed by atoms with Crippen LogP contribution in [0, 0.1) is 20.8 Å². The average Bonchev–Trinajstić information content (AvgIpc) is 2.46. The molecule has 0 fully saturated rings. The van der Waals surface area contributed by atoms with Crippen LogP contribution < -0.4 is 10.6 Å². The van der Waals surface area contributed by atoms with Crippen LogP contribution in [0.25, 0.3) is 0 Å². The highest BCUT2D eigenvalue weighted by Crippen LogP contribution is 2.17. The molecule has 0 saturated heterocycles. The lowest BCUT2D eigenvalue weighted by Gasteiger charge is -2.16.